The molecule has 2 aliphatic rings. The van der Waals surface area contributed by atoms with Crippen molar-refractivity contribution in [1.29, 1.82) is 0 Å². The summed E-state index contributed by atoms with van der Waals surface area (Å²) in [6.45, 7) is 7.45. The van der Waals surface area contributed by atoms with Crippen molar-refractivity contribution in [3.8, 4) is 0 Å². The van der Waals surface area contributed by atoms with Crippen molar-refractivity contribution in [1.82, 2.24) is 19.8 Å². The Morgan fingerprint density at radius 1 is 1.05 bits per heavy atom. The second-order valence-corrected chi connectivity index (χ2v) is 11.5. The molecule has 1 amide bonds. The lowest BCUT2D eigenvalue weighted by Crippen LogP contribution is -2.44. The van der Waals surface area contributed by atoms with Crippen LogP contribution in [0.1, 0.15) is 75.2 Å². The number of amides is 1. The third kappa shape index (κ3) is 6.49. The number of piperidine rings is 1. The van der Waals surface area contributed by atoms with Crippen molar-refractivity contribution in [2.75, 3.05) is 20.2 Å². The molecule has 2 fully saturated rings. The Morgan fingerprint density at radius 2 is 1.80 bits per heavy atom. The normalized spacial score (nSPS) is 20.8. The molecular formula is C32H43N5O3. The molecule has 1 aromatic carbocycles. The Balaban J connectivity index is 1.31. The highest BCUT2D eigenvalue weighted by Crippen LogP contribution is 2.36. The number of benzene rings is 1. The average Bonchev–Trinajstić information content (AvgIpc) is 3.31. The zero-order valence-corrected chi connectivity index (χ0v) is 24.1. The molecule has 40 heavy (non-hydrogen) atoms. The molecular weight excluding hydrogens is 502 g/mol. The van der Waals surface area contributed by atoms with Crippen LogP contribution in [0.5, 0.6) is 0 Å². The standard InChI is InChI=1S/C32H43N5O3/c1-23(2)25-11-13-26(14-12-25)36-18-15-27(16-19-36)37-30(21-34-32(38)40-22-24-8-5-4-6-9-24)29(20-35-39-3)28-10-7-17-33-31(28)37/h4-10,17,20,23,25-27H,11-16,18-19,21-22H2,1-3H3,(H,34,38)/b35-20-. The molecule has 1 saturated carbocycles. The predicted octanol–water partition coefficient (Wildman–Crippen LogP) is 6.29. The van der Waals surface area contributed by atoms with E-state index in [4.69, 9.17) is 14.6 Å². The van der Waals surface area contributed by atoms with Crippen LogP contribution in [0.15, 0.2) is 53.8 Å². The fourth-order valence-corrected chi connectivity index (χ4v) is 6.61. The van der Waals surface area contributed by atoms with Crippen LogP contribution in [-0.2, 0) is 22.7 Å². The molecule has 0 unspecified atom stereocenters. The number of hydrogen-bond donors (Lipinski definition) is 1. The summed E-state index contributed by atoms with van der Waals surface area (Å²) in [6.07, 6.45) is 10.6. The molecule has 0 radical (unpaired) electrons. The van der Waals surface area contributed by atoms with Gasteiger partial charge >= 0.3 is 6.09 Å². The molecule has 0 atom stereocenters. The number of oxime groups is 1. The van der Waals surface area contributed by atoms with Gasteiger partial charge in [0.2, 0.25) is 0 Å². The van der Waals surface area contributed by atoms with E-state index in [0.717, 1.165) is 65.6 Å². The number of pyridine rings is 1. The van der Waals surface area contributed by atoms with Crippen molar-refractivity contribution in [2.45, 2.75) is 77.6 Å². The second kappa shape index (κ2) is 13.3. The number of nitrogens with one attached hydrogen (secondary N) is 1. The van der Waals surface area contributed by atoms with Gasteiger partial charge in [-0.2, -0.15) is 0 Å². The number of carbonyl (C=O) groups is 1. The lowest BCUT2D eigenvalue weighted by molar-refractivity contribution is 0.0887. The summed E-state index contributed by atoms with van der Waals surface area (Å²) >= 11 is 0. The molecule has 214 valence electrons. The topological polar surface area (TPSA) is 81.0 Å². The summed E-state index contributed by atoms with van der Waals surface area (Å²) in [5.74, 6) is 1.67. The van der Waals surface area contributed by atoms with Crippen molar-refractivity contribution >= 4 is 23.3 Å². The van der Waals surface area contributed by atoms with Crippen LogP contribution in [0.2, 0.25) is 0 Å². The van der Waals surface area contributed by atoms with Crippen LogP contribution in [0.25, 0.3) is 11.0 Å². The van der Waals surface area contributed by atoms with Gasteiger partial charge in [0.1, 0.15) is 19.4 Å². The number of nitrogens with zero attached hydrogens (tertiary/aromatic N) is 4. The van der Waals surface area contributed by atoms with Gasteiger partial charge in [-0.3, -0.25) is 0 Å². The summed E-state index contributed by atoms with van der Waals surface area (Å²) < 4.78 is 7.82. The van der Waals surface area contributed by atoms with E-state index in [-0.39, 0.29) is 6.61 Å². The monoisotopic (exact) mass is 545 g/mol. The Labute approximate surface area is 237 Å². The number of aromatic nitrogens is 2. The molecule has 5 rings (SSSR count). The fourth-order valence-electron chi connectivity index (χ4n) is 6.61. The van der Waals surface area contributed by atoms with E-state index in [1.807, 2.05) is 42.6 Å². The average molecular weight is 546 g/mol. The first kappa shape index (κ1) is 28.1. The van der Waals surface area contributed by atoms with Crippen LogP contribution in [0, 0.1) is 11.8 Å². The summed E-state index contributed by atoms with van der Waals surface area (Å²) in [5.41, 5.74) is 3.77. The first-order chi connectivity index (χ1) is 19.5. The highest BCUT2D eigenvalue weighted by molar-refractivity contribution is 5.99. The van der Waals surface area contributed by atoms with Gasteiger partial charge in [-0.25, -0.2) is 9.78 Å². The van der Waals surface area contributed by atoms with E-state index in [9.17, 15) is 4.79 Å². The summed E-state index contributed by atoms with van der Waals surface area (Å²) in [5, 5.41) is 8.07. The van der Waals surface area contributed by atoms with E-state index in [1.54, 1.807) is 6.21 Å². The molecule has 8 heteroatoms. The molecule has 3 aromatic rings. The van der Waals surface area contributed by atoms with Gasteiger partial charge < -0.3 is 24.4 Å². The Hall–Kier alpha value is -3.39. The van der Waals surface area contributed by atoms with Gasteiger partial charge in [-0.1, -0.05) is 49.3 Å². The minimum Gasteiger partial charge on any atom is -0.445 e. The van der Waals surface area contributed by atoms with Crippen LogP contribution in [0.4, 0.5) is 4.79 Å². The quantitative estimate of drug-likeness (QED) is 0.252. The number of rotatable bonds is 9. The van der Waals surface area contributed by atoms with Gasteiger partial charge in [0.25, 0.3) is 0 Å². The minimum absolute atomic E-state index is 0.229. The van der Waals surface area contributed by atoms with Crippen molar-refractivity contribution in [3.63, 3.8) is 0 Å². The van der Waals surface area contributed by atoms with Crippen LogP contribution in [0.3, 0.4) is 0 Å². The zero-order chi connectivity index (χ0) is 27.9. The maximum Gasteiger partial charge on any atom is 0.407 e. The van der Waals surface area contributed by atoms with Crippen LogP contribution in [-0.4, -0.2) is 53.0 Å². The van der Waals surface area contributed by atoms with Gasteiger partial charge in [0, 0.05) is 48.0 Å². The zero-order valence-electron chi connectivity index (χ0n) is 24.1. The minimum atomic E-state index is -0.449. The smallest absolute Gasteiger partial charge is 0.407 e. The first-order valence-corrected chi connectivity index (χ1v) is 14.8. The molecule has 1 aliphatic heterocycles. The molecule has 3 heterocycles. The lowest BCUT2D eigenvalue weighted by atomic mass is 9.79. The van der Waals surface area contributed by atoms with E-state index < -0.39 is 6.09 Å². The van der Waals surface area contributed by atoms with Gasteiger partial charge in [-0.15, -0.1) is 0 Å². The van der Waals surface area contributed by atoms with E-state index >= 15 is 0 Å². The first-order valence-electron chi connectivity index (χ1n) is 14.8. The summed E-state index contributed by atoms with van der Waals surface area (Å²) in [7, 11) is 1.54. The number of fused-ring (bicyclic) bond motifs is 1. The van der Waals surface area contributed by atoms with Gasteiger partial charge in [-0.05, 0) is 68.1 Å². The summed E-state index contributed by atoms with van der Waals surface area (Å²) in [6, 6.07) is 14.7. The molecule has 1 N–H and O–H groups in total. The summed E-state index contributed by atoms with van der Waals surface area (Å²) in [4.78, 5) is 25.2. The number of likely N-dealkylation sites (tertiary alicyclic amines) is 1. The Bertz CT molecular complexity index is 1270. The van der Waals surface area contributed by atoms with Gasteiger partial charge in [0.05, 0.1) is 12.8 Å². The molecule has 1 saturated heterocycles. The third-order valence-corrected chi connectivity index (χ3v) is 8.87. The maximum atomic E-state index is 12.7. The molecule has 2 aromatic heterocycles. The number of carbonyl (C=O) groups excluding carboxylic acids is 1. The third-order valence-electron chi connectivity index (χ3n) is 8.87. The van der Waals surface area contributed by atoms with Crippen LogP contribution >= 0.6 is 0 Å². The SMILES string of the molecule is CO/N=C\c1c(CNC(=O)OCc2ccccc2)n(C2CCN(C3CCC(C(C)C)CC3)CC2)c2ncccc12. The van der Waals surface area contributed by atoms with Crippen molar-refractivity contribution < 1.29 is 14.4 Å². The Kier molecular flexibility index (Phi) is 9.37. The fraction of sp³-hybridized carbons (Fsp3) is 0.531. The number of hydrogen-bond acceptors (Lipinski definition) is 6. The molecule has 0 spiro atoms. The number of alkyl carbamates (subject to hydrolysis) is 1. The largest absolute Gasteiger partial charge is 0.445 e. The Morgan fingerprint density at radius 3 is 2.50 bits per heavy atom. The predicted molar refractivity (Wildman–Crippen MR) is 158 cm³/mol. The molecule has 0 bridgehead atoms. The van der Waals surface area contributed by atoms with Crippen LogP contribution < -0.4 is 5.32 Å². The van der Waals surface area contributed by atoms with Crippen molar-refractivity contribution in [2.24, 2.45) is 17.0 Å². The molecule has 1 aliphatic carbocycles. The van der Waals surface area contributed by atoms with E-state index in [2.05, 4.69) is 39.9 Å². The maximum absolute atomic E-state index is 12.7. The van der Waals surface area contributed by atoms with E-state index in [0.29, 0.717) is 18.6 Å². The highest BCUT2D eigenvalue weighted by atomic mass is 16.6. The van der Waals surface area contributed by atoms with Gasteiger partial charge in [0.15, 0.2) is 0 Å². The second-order valence-electron chi connectivity index (χ2n) is 11.5. The lowest BCUT2D eigenvalue weighted by Gasteiger charge is -2.42. The van der Waals surface area contributed by atoms with Crippen molar-refractivity contribution in [3.05, 3.63) is 65.5 Å². The molecule has 8 nitrogen and oxygen atoms in total. The number of ether oxygens (including phenoxy) is 1. The highest BCUT2D eigenvalue weighted by Gasteiger charge is 2.32. The van der Waals surface area contributed by atoms with E-state index in [1.165, 1.54) is 32.8 Å².